The Morgan fingerprint density at radius 3 is 2.44 bits per heavy atom. The van der Waals surface area contributed by atoms with Crippen LogP contribution in [0.2, 0.25) is 0 Å². The SMILES string of the molecule is COc1cc(-c2cccc(O)c2)ccc1C(=O)O. The van der Waals surface area contributed by atoms with Crippen LogP contribution < -0.4 is 4.74 Å². The molecular formula is C14H12O4. The molecular weight excluding hydrogens is 232 g/mol. The van der Waals surface area contributed by atoms with Gasteiger partial charge in [-0.3, -0.25) is 0 Å². The highest BCUT2D eigenvalue weighted by molar-refractivity contribution is 5.92. The fourth-order valence-corrected chi connectivity index (χ4v) is 1.73. The maximum Gasteiger partial charge on any atom is 0.339 e. The number of carboxylic acid groups (broad SMARTS) is 1. The Hall–Kier alpha value is -2.49. The van der Waals surface area contributed by atoms with Crippen LogP contribution in [0.25, 0.3) is 11.1 Å². The van der Waals surface area contributed by atoms with Gasteiger partial charge in [-0.1, -0.05) is 18.2 Å². The molecule has 0 heterocycles. The Bertz CT molecular complexity index is 590. The number of rotatable bonds is 3. The first-order valence-corrected chi connectivity index (χ1v) is 5.32. The second kappa shape index (κ2) is 4.79. The van der Waals surface area contributed by atoms with Crippen molar-refractivity contribution in [2.24, 2.45) is 0 Å². The van der Waals surface area contributed by atoms with Crippen LogP contribution in [0.15, 0.2) is 42.5 Å². The van der Waals surface area contributed by atoms with Crippen molar-refractivity contribution in [1.29, 1.82) is 0 Å². The number of aromatic hydroxyl groups is 1. The summed E-state index contributed by atoms with van der Waals surface area (Å²) in [6.07, 6.45) is 0. The molecule has 2 rings (SSSR count). The summed E-state index contributed by atoms with van der Waals surface area (Å²) >= 11 is 0. The van der Waals surface area contributed by atoms with Crippen LogP contribution >= 0.6 is 0 Å². The zero-order valence-corrected chi connectivity index (χ0v) is 9.75. The number of phenols is 1. The first-order valence-electron chi connectivity index (χ1n) is 5.32. The number of hydrogen-bond donors (Lipinski definition) is 2. The van der Waals surface area contributed by atoms with Crippen molar-refractivity contribution >= 4 is 5.97 Å². The van der Waals surface area contributed by atoms with E-state index in [0.29, 0.717) is 5.75 Å². The van der Waals surface area contributed by atoms with Gasteiger partial charge in [0.25, 0.3) is 0 Å². The third-order valence-electron chi connectivity index (χ3n) is 2.61. The predicted octanol–water partition coefficient (Wildman–Crippen LogP) is 2.77. The van der Waals surface area contributed by atoms with E-state index in [2.05, 4.69) is 0 Å². The van der Waals surface area contributed by atoms with E-state index in [1.54, 1.807) is 30.3 Å². The lowest BCUT2D eigenvalue weighted by atomic mass is 10.0. The van der Waals surface area contributed by atoms with E-state index in [9.17, 15) is 9.90 Å². The zero-order chi connectivity index (χ0) is 13.1. The van der Waals surface area contributed by atoms with Crippen LogP contribution in [0.5, 0.6) is 11.5 Å². The number of aromatic carboxylic acids is 1. The molecule has 0 atom stereocenters. The highest BCUT2D eigenvalue weighted by Gasteiger charge is 2.11. The number of methoxy groups -OCH3 is 1. The van der Waals surface area contributed by atoms with E-state index in [1.165, 1.54) is 13.2 Å². The van der Waals surface area contributed by atoms with Gasteiger partial charge >= 0.3 is 5.97 Å². The molecule has 0 bridgehead atoms. The van der Waals surface area contributed by atoms with Gasteiger partial charge in [-0.05, 0) is 35.4 Å². The second-order valence-corrected chi connectivity index (χ2v) is 3.77. The predicted molar refractivity (Wildman–Crippen MR) is 67.1 cm³/mol. The van der Waals surface area contributed by atoms with Crippen molar-refractivity contribution in [3.05, 3.63) is 48.0 Å². The number of benzene rings is 2. The van der Waals surface area contributed by atoms with Gasteiger partial charge < -0.3 is 14.9 Å². The van der Waals surface area contributed by atoms with Crippen molar-refractivity contribution in [2.45, 2.75) is 0 Å². The van der Waals surface area contributed by atoms with Gasteiger partial charge in [0, 0.05) is 0 Å². The lowest BCUT2D eigenvalue weighted by Crippen LogP contribution is -2.00. The standard InChI is InChI=1S/C14H12O4/c1-18-13-8-10(5-6-12(13)14(16)17)9-3-2-4-11(15)7-9/h2-8,15H,1H3,(H,16,17). The van der Waals surface area contributed by atoms with Crippen LogP contribution in [0.4, 0.5) is 0 Å². The molecule has 0 amide bonds. The zero-order valence-electron chi connectivity index (χ0n) is 9.75. The summed E-state index contributed by atoms with van der Waals surface area (Å²) in [6, 6.07) is 11.5. The maximum absolute atomic E-state index is 11.0. The summed E-state index contributed by atoms with van der Waals surface area (Å²) < 4.78 is 5.06. The van der Waals surface area contributed by atoms with Crippen LogP contribution in [0, 0.1) is 0 Å². The lowest BCUT2D eigenvalue weighted by Gasteiger charge is -2.08. The fourth-order valence-electron chi connectivity index (χ4n) is 1.73. The first-order chi connectivity index (χ1) is 8.61. The van der Waals surface area contributed by atoms with Gasteiger partial charge in [-0.25, -0.2) is 4.79 Å². The van der Waals surface area contributed by atoms with Crippen LogP contribution in [-0.4, -0.2) is 23.3 Å². The molecule has 0 aliphatic carbocycles. The summed E-state index contributed by atoms with van der Waals surface area (Å²) in [7, 11) is 1.42. The first kappa shape index (κ1) is 12.0. The summed E-state index contributed by atoms with van der Waals surface area (Å²) in [5, 5.41) is 18.4. The van der Waals surface area contributed by atoms with E-state index < -0.39 is 5.97 Å². The molecule has 4 nitrogen and oxygen atoms in total. The summed E-state index contributed by atoms with van der Waals surface area (Å²) in [5.74, 6) is -0.577. The van der Waals surface area contributed by atoms with Crippen molar-refractivity contribution in [1.82, 2.24) is 0 Å². The topological polar surface area (TPSA) is 66.8 Å². The molecule has 18 heavy (non-hydrogen) atoms. The maximum atomic E-state index is 11.0. The average Bonchev–Trinajstić information content (AvgIpc) is 2.37. The van der Waals surface area contributed by atoms with Gasteiger partial charge in [0.1, 0.15) is 17.1 Å². The minimum absolute atomic E-state index is 0.112. The summed E-state index contributed by atoms with van der Waals surface area (Å²) in [4.78, 5) is 11.0. The molecule has 0 unspecified atom stereocenters. The summed E-state index contributed by atoms with van der Waals surface area (Å²) in [5.41, 5.74) is 1.69. The molecule has 0 aliphatic heterocycles. The van der Waals surface area contributed by atoms with E-state index in [1.807, 2.05) is 6.07 Å². The Balaban J connectivity index is 2.51. The van der Waals surface area contributed by atoms with Gasteiger partial charge in [0.05, 0.1) is 7.11 Å². The molecule has 2 aromatic carbocycles. The van der Waals surface area contributed by atoms with Gasteiger partial charge in [0.15, 0.2) is 0 Å². The van der Waals surface area contributed by atoms with Crippen LogP contribution in [-0.2, 0) is 0 Å². The Morgan fingerprint density at radius 2 is 1.83 bits per heavy atom. The van der Waals surface area contributed by atoms with Gasteiger partial charge in [-0.15, -0.1) is 0 Å². The second-order valence-electron chi connectivity index (χ2n) is 3.77. The van der Waals surface area contributed by atoms with Crippen molar-refractivity contribution in [2.75, 3.05) is 7.11 Å². The van der Waals surface area contributed by atoms with Crippen molar-refractivity contribution < 1.29 is 19.7 Å². The third-order valence-corrected chi connectivity index (χ3v) is 2.61. The van der Waals surface area contributed by atoms with Crippen LogP contribution in [0.1, 0.15) is 10.4 Å². The van der Waals surface area contributed by atoms with Crippen molar-refractivity contribution in [3.8, 4) is 22.6 Å². The summed E-state index contributed by atoms with van der Waals surface area (Å²) in [6.45, 7) is 0. The van der Waals surface area contributed by atoms with Crippen molar-refractivity contribution in [3.63, 3.8) is 0 Å². The van der Waals surface area contributed by atoms with E-state index in [-0.39, 0.29) is 11.3 Å². The number of phenolic OH excluding ortho intramolecular Hbond substituents is 1. The fraction of sp³-hybridized carbons (Fsp3) is 0.0714. The number of carbonyl (C=O) groups is 1. The number of carboxylic acids is 1. The highest BCUT2D eigenvalue weighted by Crippen LogP contribution is 2.28. The molecule has 4 heteroatoms. The Kier molecular flexibility index (Phi) is 3.19. The smallest absolute Gasteiger partial charge is 0.339 e. The molecule has 2 aromatic rings. The highest BCUT2D eigenvalue weighted by atomic mass is 16.5. The molecule has 0 spiro atoms. The van der Waals surface area contributed by atoms with E-state index in [4.69, 9.17) is 9.84 Å². The van der Waals surface area contributed by atoms with E-state index >= 15 is 0 Å². The van der Waals surface area contributed by atoms with Crippen LogP contribution in [0.3, 0.4) is 0 Å². The minimum Gasteiger partial charge on any atom is -0.508 e. The lowest BCUT2D eigenvalue weighted by molar-refractivity contribution is 0.0693. The molecule has 0 aliphatic rings. The molecule has 2 N–H and O–H groups in total. The molecule has 0 saturated carbocycles. The Labute approximate surface area is 104 Å². The molecule has 0 radical (unpaired) electrons. The monoisotopic (exact) mass is 244 g/mol. The minimum atomic E-state index is -1.03. The quantitative estimate of drug-likeness (QED) is 0.871. The molecule has 92 valence electrons. The van der Waals surface area contributed by atoms with Gasteiger partial charge in [0.2, 0.25) is 0 Å². The molecule has 0 fully saturated rings. The average molecular weight is 244 g/mol. The normalized spacial score (nSPS) is 10.1. The number of hydrogen-bond acceptors (Lipinski definition) is 3. The number of ether oxygens (including phenoxy) is 1. The van der Waals surface area contributed by atoms with Gasteiger partial charge in [-0.2, -0.15) is 0 Å². The molecule has 0 saturated heterocycles. The largest absolute Gasteiger partial charge is 0.508 e. The third kappa shape index (κ3) is 2.27. The van der Waals surface area contributed by atoms with E-state index in [0.717, 1.165) is 11.1 Å². The molecule has 0 aromatic heterocycles. The Morgan fingerprint density at radius 1 is 1.11 bits per heavy atom.